The summed E-state index contributed by atoms with van der Waals surface area (Å²) in [6.45, 7) is 0.154. The van der Waals surface area contributed by atoms with Crippen LogP contribution in [-0.4, -0.2) is 28.4 Å². The number of amides is 2. The Kier molecular flexibility index (Phi) is 5.05. The Labute approximate surface area is 121 Å². The highest BCUT2D eigenvalue weighted by Crippen LogP contribution is 2.15. The fraction of sp³-hybridized carbons (Fsp3) is 0.214. The SMILES string of the molecule is O=C(NCCC(O)c1ccco1)C(=O)Nc1cccnc1. The van der Waals surface area contributed by atoms with Crippen molar-refractivity contribution in [3.63, 3.8) is 0 Å². The van der Waals surface area contributed by atoms with Crippen LogP contribution in [0.15, 0.2) is 47.3 Å². The predicted molar refractivity (Wildman–Crippen MR) is 74.2 cm³/mol. The van der Waals surface area contributed by atoms with Crippen molar-refractivity contribution in [2.45, 2.75) is 12.5 Å². The van der Waals surface area contributed by atoms with Gasteiger partial charge in [0.15, 0.2) is 0 Å². The molecule has 0 fully saturated rings. The molecule has 2 amide bonds. The van der Waals surface area contributed by atoms with Gasteiger partial charge in [0, 0.05) is 12.7 Å². The van der Waals surface area contributed by atoms with Crippen molar-refractivity contribution < 1.29 is 19.1 Å². The molecule has 110 valence electrons. The highest BCUT2D eigenvalue weighted by molar-refractivity contribution is 6.39. The van der Waals surface area contributed by atoms with Crippen LogP contribution in [0.25, 0.3) is 0 Å². The van der Waals surface area contributed by atoms with Gasteiger partial charge in [-0.3, -0.25) is 14.6 Å². The van der Waals surface area contributed by atoms with E-state index in [9.17, 15) is 14.7 Å². The van der Waals surface area contributed by atoms with Crippen molar-refractivity contribution in [1.29, 1.82) is 0 Å². The Hall–Kier alpha value is -2.67. The van der Waals surface area contributed by atoms with Gasteiger partial charge in [-0.2, -0.15) is 0 Å². The molecule has 0 aliphatic heterocycles. The molecule has 2 aromatic heterocycles. The molecule has 0 spiro atoms. The van der Waals surface area contributed by atoms with Gasteiger partial charge in [-0.25, -0.2) is 0 Å². The maximum atomic E-state index is 11.6. The lowest BCUT2D eigenvalue weighted by Crippen LogP contribution is -2.36. The molecular formula is C14H15N3O4. The molecule has 0 aliphatic carbocycles. The summed E-state index contributed by atoms with van der Waals surface area (Å²) < 4.78 is 5.03. The molecule has 7 heteroatoms. The average molecular weight is 289 g/mol. The van der Waals surface area contributed by atoms with Gasteiger partial charge in [0.25, 0.3) is 0 Å². The summed E-state index contributed by atoms with van der Waals surface area (Å²) in [6.07, 6.45) is 3.89. The number of pyridine rings is 1. The van der Waals surface area contributed by atoms with Crippen LogP contribution in [0, 0.1) is 0 Å². The summed E-state index contributed by atoms with van der Waals surface area (Å²) in [4.78, 5) is 27.0. The van der Waals surface area contributed by atoms with Crippen molar-refractivity contribution in [3.8, 4) is 0 Å². The number of aliphatic hydroxyl groups excluding tert-OH is 1. The number of furan rings is 1. The Balaban J connectivity index is 1.73. The minimum atomic E-state index is -0.818. The molecule has 0 aliphatic rings. The first-order valence-electron chi connectivity index (χ1n) is 6.37. The summed E-state index contributed by atoms with van der Waals surface area (Å²) in [5, 5.41) is 14.6. The van der Waals surface area contributed by atoms with Gasteiger partial charge >= 0.3 is 11.8 Å². The number of rotatable bonds is 5. The normalized spacial score (nSPS) is 11.7. The summed E-state index contributed by atoms with van der Waals surface area (Å²) in [5.41, 5.74) is 0.438. The predicted octanol–water partition coefficient (Wildman–Crippen LogP) is 0.853. The number of carbonyl (C=O) groups excluding carboxylic acids is 2. The molecule has 0 radical (unpaired) electrons. The minimum absolute atomic E-state index is 0.154. The average Bonchev–Trinajstić information content (AvgIpc) is 3.02. The number of nitrogens with one attached hydrogen (secondary N) is 2. The monoisotopic (exact) mass is 289 g/mol. The Bertz CT molecular complexity index is 584. The van der Waals surface area contributed by atoms with Crippen molar-refractivity contribution in [2.24, 2.45) is 0 Å². The first kappa shape index (κ1) is 14.7. The largest absolute Gasteiger partial charge is 0.467 e. The van der Waals surface area contributed by atoms with E-state index in [2.05, 4.69) is 15.6 Å². The lowest BCUT2D eigenvalue weighted by atomic mass is 10.2. The molecule has 2 heterocycles. The van der Waals surface area contributed by atoms with Gasteiger partial charge in [0.2, 0.25) is 0 Å². The summed E-state index contributed by atoms with van der Waals surface area (Å²) in [5.74, 6) is -1.13. The molecule has 1 unspecified atom stereocenters. The molecule has 0 bridgehead atoms. The standard InChI is InChI=1S/C14H15N3O4/c18-11(12-4-2-8-21-12)5-7-16-13(19)14(20)17-10-3-1-6-15-9-10/h1-4,6,8-9,11,18H,5,7H2,(H,16,19)(H,17,20). The molecule has 1 atom stereocenters. The molecule has 0 saturated carbocycles. The minimum Gasteiger partial charge on any atom is -0.467 e. The topological polar surface area (TPSA) is 104 Å². The third-order valence-corrected chi connectivity index (χ3v) is 2.70. The van der Waals surface area contributed by atoms with Crippen LogP contribution in [0.2, 0.25) is 0 Å². The van der Waals surface area contributed by atoms with Crippen LogP contribution in [0.1, 0.15) is 18.3 Å². The van der Waals surface area contributed by atoms with E-state index >= 15 is 0 Å². The third kappa shape index (κ3) is 4.43. The Morgan fingerprint density at radius 3 is 2.81 bits per heavy atom. The number of aliphatic hydroxyl groups is 1. The van der Waals surface area contributed by atoms with Crippen LogP contribution >= 0.6 is 0 Å². The number of hydrogen-bond donors (Lipinski definition) is 3. The zero-order valence-corrected chi connectivity index (χ0v) is 11.2. The molecule has 21 heavy (non-hydrogen) atoms. The quantitative estimate of drug-likeness (QED) is 0.708. The molecular weight excluding hydrogens is 274 g/mol. The first-order valence-corrected chi connectivity index (χ1v) is 6.37. The molecule has 3 N–H and O–H groups in total. The van der Waals surface area contributed by atoms with Crippen LogP contribution in [0.3, 0.4) is 0 Å². The number of anilines is 1. The smallest absolute Gasteiger partial charge is 0.313 e. The maximum Gasteiger partial charge on any atom is 0.313 e. The van der Waals surface area contributed by atoms with Crippen molar-refractivity contribution in [1.82, 2.24) is 10.3 Å². The van der Waals surface area contributed by atoms with Crippen LogP contribution < -0.4 is 10.6 Å². The van der Waals surface area contributed by atoms with Gasteiger partial charge in [0.05, 0.1) is 18.1 Å². The van der Waals surface area contributed by atoms with Crippen LogP contribution in [0.5, 0.6) is 0 Å². The molecule has 0 aromatic carbocycles. The third-order valence-electron chi connectivity index (χ3n) is 2.70. The number of nitrogens with zero attached hydrogens (tertiary/aromatic N) is 1. The zero-order chi connectivity index (χ0) is 15.1. The highest BCUT2D eigenvalue weighted by Gasteiger charge is 2.15. The van der Waals surface area contributed by atoms with Crippen molar-refractivity contribution >= 4 is 17.5 Å². The lowest BCUT2D eigenvalue weighted by molar-refractivity contribution is -0.136. The molecule has 2 rings (SSSR count). The summed E-state index contributed by atoms with van der Waals surface area (Å²) in [6, 6.07) is 6.58. The number of hydrogen-bond acceptors (Lipinski definition) is 5. The Morgan fingerprint density at radius 1 is 1.29 bits per heavy atom. The van der Waals surface area contributed by atoms with Gasteiger partial charge in [-0.05, 0) is 30.7 Å². The van der Waals surface area contributed by atoms with E-state index < -0.39 is 17.9 Å². The molecule has 0 saturated heterocycles. The van der Waals surface area contributed by atoms with E-state index in [1.165, 1.54) is 12.5 Å². The zero-order valence-electron chi connectivity index (χ0n) is 11.2. The first-order chi connectivity index (χ1) is 10.2. The second-order valence-corrected chi connectivity index (χ2v) is 4.27. The van der Waals surface area contributed by atoms with Gasteiger partial charge in [-0.15, -0.1) is 0 Å². The second kappa shape index (κ2) is 7.20. The maximum absolute atomic E-state index is 11.6. The molecule has 7 nitrogen and oxygen atoms in total. The van der Waals surface area contributed by atoms with E-state index in [1.54, 1.807) is 30.5 Å². The lowest BCUT2D eigenvalue weighted by Gasteiger charge is -2.09. The van der Waals surface area contributed by atoms with Crippen LogP contribution in [-0.2, 0) is 9.59 Å². The van der Waals surface area contributed by atoms with Gasteiger partial charge in [0.1, 0.15) is 11.9 Å². The summed E-state index contributed by atoms with van der Waals surface area (Å²) in [7, 11) is 0. The van der Waals surface area contributed by atoms with Gasteiger partial charge < -0.3 is 20.2 Å². The van der Waals surface area contributed by atoms with Gasteiger partial charge in [-0.1, -0.05) is 0 Å². The number of aromatic nitrogens is 1. The van der Waals surface area contributed by atoms with E-state index in [4.69, 9.17) is 4.42 Å². The Morgan fingerprint density at radius 2 is 2.14 bits per heavy atom. The van der Waals surface area contributed by atoms with E-state index in [-0.39, 0.29) is 13.0 Å². The molecule has 2 aromatic rings. The highest BCUT2D eigenvalue weighted by atomic mass is 16.4. The second-order valence-electron chi connectivity index (χ2n) is 4.27. The van der Waals surface area contributed by atoms with Crippen molar-refractivity contribution in [3.05, 3.63) is 48.7 Å². The van der Waals surface area contributed by atoms with Crippen molar-refractivity contribution in [2.75, 3.05) is 11.9 Å². The van der Waals surface area contributed by atoms with E-state index in [0.29, 0.717) is 11.4 Å². The fourth-order valence-electron chi connectivity index (χ4n) is 1.65. The van der Waals surface area contributed by atoms with Crippen LogP contribution in [0.4, 0.5) is 5.69 Å². The summed E-state index contributed by atoms with van der Waals surface area (Å²) >= 11 is 0. The fourth-order valence-corrected chi connectivity index (χ4v) is 1.65. The number of carbonyl (C=O) groups is 2. The van der Waals surface area contributed by atoms with E-state index in [0.717, 1.165) is 0 Å². The van der Waals surface area contributed by atoms with E-state index in [1.807, 2.05) is 0 Å².